The van der Waals surface area contributed by atoms with Crippen LogP contribution in [0.5, 0.6) is 0 Å². The average Bonchev–Trinajstić information content (AvgIpc) is 2.59. The maximum atomic E-state index is 11.5. The number of hydrogen-bond acceptors (Lipinski definition) is 3. The van der Waals surface area contributed by atoms with Crippen LogP contribution in [0.3, 0.4) is 0 Å². The van der Waals surface area contributed by atoms with E-state index in [2.05, 4.69) is 4.98 Å². The number of carbonyl (C=O) groups is 1. The Labute approximate surface area is 106 Å². The molecule has 17 heavy (non-hydrogen) atoms. The van der Waals surface area contributed by atoms with Gasteiger partial charge in [-0.25, -0.2) is 4.98 Å². The van der Waals surface area contributed by atoms with Gasteiger partial charge in [0.25, 0.3) is 0 Å². The number of rotatable bonds is 3. The molecule has 1 heterocycles. The summed E-state index contributed by atoms with van der Waals surface area (Å²) < 4.78 is 0. The van der Waals surface area contributed by atoms with Crippen molar-refractivity contribution in [2.24, 2.45) is 5.41 Å². The van der Waals surface area contributed by atoms with Crippen LogP contribution < -0.4 is 0 Å². The van der Waals surface area contributed by atoms with Crippen LogP contribution in [0.2, 0.25) is 0 Å². The van der Waals surface area contributed by atoms with Crippen LogP contribution in [0.1, 0.15) is 47.7 Å². The van der Waals surface area contributed by atoms with E-state index in [1.165, 1.54) is 11.3 Å². The SMILES string of the molecule is Cc1nc(CC2(C(=O)O)CCCCC2)sc1C. The highest BCUT2D eigenvalue weighted by Gasteiger charge is 2.40. The first-order chi connectivity index (χ1) is 8.03. The molecule has 0 aliphatic heterocycles. The van der Waals surface area contributed by atoms with E-state index in [4.69, 9.17) is 0 Å². The number of carboxylic acids is 1. The number of nitrogens with zero attached hydrogens (tertiary/aromatic N) is 1. The second kappa shape index (κ2) is 4.77. The van der Waals surface area contributed by atoms with Gasteiger partial charge in [-0.2, -0.15) is 0 Å². The van der Waals surface area contributed by atoms with Gasteiger partial charge in [0.05, 0.1) is 16.1 Å². The van der Waals surface area contributed by atoms with E-state index < -0.39 is 11.4 Å². The fraction of sp³-hybridized carbons (Fsp3) is 0.692. The predicted molar refractivity (Wildman–Crippen MR) is 68.4 cm³/mol. The van der Waals surface area contributed by atoms with E-state index in [0.29, 0.717) is 6.42 Å². The molecule has 1 fully saturated rings. The zero-order valence-corrected chi connectivity index (χ0v) is 11.3. The van der Waals surface area contributed by atoms with Gasteiger partial charge in [-0.15, -0.1) is 11.3 Å². The standard InChI is InChI=1S/C13H19NO2S/c1-9-10(2)17-11(14-9)8-13(12(15)16)6-4-3-5-7-13/h3-8H2,1-2H3,(H,15,16). The highest BCUT2D eigenvalue weighted by molar-refractivity contribution is 7.11. The Bertz CT molecular complexity index is 400. The molecule has 0 radical (unpaired) electrons. The predicted octanol–water partition coefficient (Wildman–Crippen LogP) is 3.34. The summed E-state index contributed by atoms with van der Waals surface area (Å²) in [5.41, 5.74) is 0.496. The van der Waals surface area contributed by atoms with E-state index in [-0.39, 0.29) is 0 Å². The summed E-state index contributed by atoms with van der Waals surface area (Å²) in [6.07, 6.45) is 5.47. The van der Waals surface area contributed by atoms with Crippen LogP contribution in [0.25, 0.3) is 0 Å². The van der Waals surface area contributed by atoms with Gasteiger partial charge in [-0.05, 0) is 26.7 Å². The lowest BCUT2D eigenvalue weighted by Crippen LogP contribution is -2.35. The Kier molecular flexibility index (Phi) is 3.52. The Morgan fingerprint density at radius 3 is 2.47 bits per heavy atom. The first-order valence-electron chi connectivity index (χ1n) is 6.20. The van der Waals surface area contributed by atoms with Crippen molar-refractivity contribution in [3.63, 3.8) is 0 Å². The summed E-state index contributed by atoms with van der Waals surface area (Å²) in [7, 11) is 0. The van der Waals surface area contributed by atoms with Crippen molar-refractivity contribution in [2.45, 2.75) is 52.4 Å². The number of aryl methyl sites for hydroxylation is 2. The van der Waals surface area contributed by atoms with Crippen molar-refractivity contribution < 1.29 is 9.90 Å². The molecule has 0 saturated heterocycles. The van der Waals surface area contributed by atoms with Crippen molar-refractivity contribution in [2.75, 3.05) is 0 Å². The Morgan fingerprint density at radius 2 is 2.00 bits per heavy atom. The Balaban J connectivity index is 2.20. The van der Waals surface area contributed by atoms with Gasteiger partial charge >= 0.3 is 5.97 Å². The second-order valence-corrected chi connectivity index (χ2v) is 6.36. The van der Waals surface area contributed by atoms with Gasteiger partial charge < -0.3 is 5.11 Å². The molecule has 1 aliphatic rings. The molecule has 0 amide bonds. The minimum atomic E-state index is -0.636. The number of thiazole rings is 1. The fourth-order valence-corrected chi connectivity index (χ4v) is 3.68. The normalized spacial score (nSPS) is 19.2. The zero-order chi connectivity index (χ0) is 12.5. The van der Waals surface area contributed by atoms with E-state index in [9.17, 15) is 9.90 Å². The minimum Gasteiger partial charge on any atom is -0.481 e. The Morgan fingerprint density at radius 1 is 1.35 bits per heavy atom. The number of aliphatic carboxylic acids is 1. The van der Waals surface area contributed by atoms with Gasteiger partial charge in [-0.1, -0.05) is 19.3 Å². The van der Waals surface area contributed by atoms with Gasteiger partial charge in [0.15, 0.2) is 0 Å². The summed E-state index contributed by atoms with van der Waals surface area (Å²) >= 11 is 1.65. The van der Waals surface area contributed by atoms with Crippen molar-refractivity contribution in [3.8, 4) is 0 Å². The molecule has 0 aromatic carbocycles. The lowest BCUT2D eigenvalue weighted by atomic mass is 9.72. The lowest BCUT2D eigenvalue weighted by molar-refractivity contribution is -0.151. The number of hydrogen-bond donors (Lipinski definition) is 1. The molecule has 1 aromatic heterocycles. The van der Waals surface area contributed by atoms with Gasteiger partial charge in [0, 0.05) is 11.3 Å². The largest absolute Gasteiger partial charge is 0.481 e. The minimum absolute atomic E-state index is 0.547. The molecule has 0 spiro atoms. The summed E-state index contributed by atoms with van der Waals surface area (Å²) in [5, 5.41) is 10.5. The molecule has 0 bridgehead atoms. The molecule has 2 rings (SSSR count). The molecular weight excluding hydrogens is 234 g/mol. The quantitative estimate of drug-likeness (QED) is 0.898. The monoisotopic (exact) mass is 253 g/mol. The van der Waals surface area contributed by atoms with Crippen LogP contribution >= 0.6 is 11.3 Å². The molecule has 1 aliphatic carbocycles. The molecule has 0 atom stereocenters. The van der Waals surface area contributed by atoms with Crippen molar-refractivity contribution in [1.29, 1.82) is 0 Å². The molecule has 1 aromatic rings. The first-order valence-corrected chi connectivity index (χ1v) is 7.01. The van der Waals surface area contributed by atoms with E-state index in [1.54, 1.807) is 11.3 Å². The maximum Gasteiger partial charge on any atom is 0.310 e. The highest BCUT2D eigenvalue weighted by atomic mass is 32.1. The van der Waals surface area contributed by atoms with E-state index in [1.807, 2.05) is 13.8 Å². The van der Waals surface area contributed by atoms with Crippen LogP contribution in [-0.2, 0) is 11.2 Å². The third-order valence-electron chi connectivity index (χ3n) is 3.83. The molecule has 1 N–H and O–H groups in total. The first kappa shape index (κ1) is 12.6. The molecule has 4 heteroatoms. The summed E-state index contributed by atoms with van der Waals surface area (Å²) in [5.74, 6) is -0.636. The van der Waals surface area contributed by atoms with Crippen LogP contribution in [0.15, 0.2) is 0 Å². The Hall–Kier alpha value is -0.900. The third kappa shape index (κ3) is 2.51. The van der Waals surface area contributed by atoms with E-state index >= 15 is 0 Å². The average molecular weight is 253 g/mol. The highest BCUT2D eigenvalue weighted by Crippen LogP contribution is 2.40. The maximum absolute atomic E-state index is 11.5. The lowest BCUT2D eigenvalue weighted by Gasteiger charge is -2.32. The number of carboxylic acid groups (broad SMARTS) is 1. The topological polar surface area (TPSA) is 50.2 Å². The smallest absolute Gasteiger partial charge is 0.310 e. The summed E-state index contributed by atoms with van der Waals surface area (Å²) in [4.78, 5) is 17.2. The fourth-order valence-electron chi connectivity index (χ4n) is 2.60. The van der Waals surface area contributed by atoms with Crippen molar-refractivity contribution in [3.05, 3.63) is 15.6 Å². The molecular formula is C13H19NO2S. The van der Waals surface area contributed by atoms with Gasteiger partial charge in [0.1, 0.15) is 0 Å². The third-order valence-corrected chi connectivity index (χ3v) is 4.90. The summed E-state index contributed by atoms with van der Waals surface area (Å²) in [6, 6.07) is 0. The number of aromatic nitrogens is 1. The molecule has 0 unspecified atom stereocenters. The van der Waals surface area contributed by atoms with Crippen LogP contribution in [-0.4, -0.2) is 16.1 Å². The van der Waals surface area contributed by atoms with Crippen molar-refractivity contribution >= 4 is 17.3 Å². The molecule has 3 nitrogen and oxygen atoms in total. The van der Waals surface area contributed by atoms with Crippen molar-refractivity contribution in [1.82, 2.24) is 4.98 Å². The van der Waals surface area contributed by atoms with Crippen LogP contribution in [0, 0.1) is 19.3 Å². The van der Waals surface area contributed by atoms with Gasteiger partial charge in [0.2, 0.25) is 0 Å². The van der Waals surface area contributed by atoms with E-state index in [0.717, 1.165) is 36.4 Å². The molecule has 94 valence electrons. The zero-order valence-electron chi connectivity index (χ0n) is 10.5. The summed E-state index contributed by atoms with van der Waals surface area (Å²) in [6.45, 7) is 4.04. The molecule has 1 saturated carbocycles. The second-order valence-electron chi connectivity index (χ2n) is 5.07. The van der Waals surface area contributed by atoms with Crippen LogP contribution in [0.4, 0.5) is 0 Å². The van der Waals surface area contributed by atoms with Gasteiger partial charge in [-0.3, -0.25) is 4.79 Å².